The fraction of sp³-hybridized carbons (Fsp3) is 0.130. The number of rotatable bonds is 3. The maximum atomic E-state index is 14.0. The minimum Gasteiger partial charge on any atom is -0.374 e. The van der Waals surface area contributed by atoms with E-state index in [4.69, 9.17) is 4.74 Å². The number of carbonyl (C=O) groups is 1. The van der Waals surface area contributed by atoms with Gasteiger partial charge in [-0.15, -0.1) is 0 Å². The molecular weight excluding hydrogens is 369 g/mol. The van der Waals surface area contributed by atoms with E-state index in [9.17, 15) is 9.18 Å². The van der Waals surface area contributed by atoms with Crippen LogP contribution in [0.25, 0.3) is 22.0 Å². The fourth-order valence-corrected chi connectivity index (χ4v) is 3.75. The molecule has 1 aliphatic heterocycles. The van der Waals surface area contributed by atoms with Crippen molar-refractivity contribution in [2.24, 2.45) is 0 Å². The summed E-state index contributed by atoms with van der Waals surface area (Å²) >= 11 is 0. The Hall–Kier alpha value is -3.51. The molecule has 1 amide bonds. The monoisotopic (exact) mass is 387 g/mol. The molecule has 0 fully saturated rings. The second-order valence-electron chi connectivity index (χ2n) is 7.10. The van der Waals surface area contributed by atoms with Crippen molar-refractivity contribution < 1.29 is 13.9 Å². The molecule has 0 saturated heterocycles. The number of nitrogens with one attached hydrogen (secondary N) is 2. The molecule has 0 radical (unpaired) electrons. The Morgan fingerprint density at radius 3 is 2.90 bits per heavy atom. The SMILES string of the molecule is O=C(NC1COCc2c(F)cccc21)c1cccc(-c2ccc3[nH]ncc3c2)c1. The fourth-order valence-electron chi connectivity index (χ4n) is 3.75. The standard InChI is InChI=1S/C23H18FN3O2/c24-20-6-2-5-18-19(20)12-29-13-22(18)26-23(28)16-4-1-3-14(9-16)15-7-8-21-17(10-15)11-25-27-21/h1-11,22H,12-13H2,(H,25,27)(H,26,28). The van der Waals surface area contributed by atoms with Crippen molar-refractivity contribution in [3.63, 3.8) is 0 Å². The van der Waals surface area contributed by atoms with Gasteiger partial charge in [-0.2, -0.15) is 5.10 Å². The zero-order chi connectivity index (χ0) is 19.8. The lowest BCUT2D eigenvalue weighted by molar-refractivity contribution is 0.0692. The number of nitrogens with zero attached hydrogens (tertiary/aromatic N) is 1. The maximum absolute atomic E-state index is 14.0. The van der Waals surface area contributed by atoms with Crippen molar-refractivity contribution in [1.29, 1.82) is 0 Å². The zero-order valence-corrected chi connectivity index (χ0v) is 15.5. The smallest absolute Gasteiger partial charge is 0.251 e. The normalized spacial score (nSPS) is 15.8. The molecule has 1 atom stereocenters. The highest BCUT2D eigenvalue weighted by atomic mass is 19.1. The molecular formula is C23H18FN3O2. The first-order valence-electron chi connectivity index (χ1n) is 9.38. The number of benzene rings is 3. The van der Waals surface area contributed by atoms with Crippen LogP contribution in [0.15, 0.2) is 66.9 Å². The van der Waals surface area contributed by atoms with E-state index in [2.05, 4.69) is 15.5 Å². The Kier molecular flexibility index (Phi) is 4.33. The third-order valence-electron chi connectivity index (χ3n) is 5.27. The number of H-pyrrole nitrogens is 1. The largest absolute Gasteiger partial charge is 0.374 e. The molecule has 1 aromatic heterocycles. The summed E-state index contributed by atoms with van der Waals surface area (Å²) in [7, 11) is 0. The molecule has 4 aromatic rings. The first-order valence-corrected chi connectivity index (χ1v) is 9.38. The Morgan fingerprint density at radius 2 is 1.97 bits per heavy atom. The van der Waals surface area contributed by atoms with Gasteiger partial charge in [0.1, 0.15) is 5.82 Å². The maximum Gasteiger partial charge on any atom is 0.251 e. The van der Waals surface area contributed by atoms with Crippen molar-refractivity contribution in [3.8, 4) is 11.1 Å². The molecule has 6 heteroatoms. The van der Waals surface area contributed by atoms with Crippen LogP contribution in [-0.4, -0.2) is 22.7 Å². The average Bonchev–Trinajstić information content (AvgIpc) is 3.22. The lowest BCUT2D eigenvalue weighted by Crippen LogP contribution is -2.34. The molecule has 1 aliphatic rings. The Balaban J connectivity index is 1.41. The number of amides is 1. The van der Waals surface area contributed by atoms with E-state index in [1.165, 1.54) is 6.07 Å². The van der Waals surface area contributed by atoms with Crippen LogP contribution in [0.4, 0.5) is 4.39 Å². The molecule has 144 valence electrons. The van der Waals surface area contributed by atoms with E-state index in [0.717, 1.165) is 27.6 Å². The van der Waals surface area contributed by atoms with Crippen molar-refractivity contribution in [1.82, 2.24) is 15.5 Å². The zero-order valence-electron chi connectivity index (χ0n) is 15.5. The Bertz CT molecular complexity index is 1220. The summed E-state index contributed by atoms with van der Waals surface area (Å²) in [5.74, 6) is -0.528. The van der Waals surface area contributed by atoms with Crippen LogP contribution in [0.2, 0.25) is 0 Å². The first-order chi connectivity index (χ1) is 14.2. The second kappa shape index (κ2) is 7.14. The highest BCUT2D eigenvalue weighted by Gasteiger charge is 2.25. The molecule has 0 saturated carbocycles. The van der Waals surface area contributed by atoms with Gasteiger partial charge in [0.05, 0.1) is 31.0 Å². The minimum absolute atomic E-state index is 0.220. The van der Waals surface area contributed by atoms with E-state index in [1.807, 2.05) is 42.5 Å². The summed E-state index contributed by atoms with van der Waals surface area (Å²) in [6.07, 6.45) is 1.77. The van der Waals surface area contributed by atoms with Crippen LogP contribution in [0, 0.1) is 5.82 Å². The molecule has 3 aromatic carbocycles. The number of ether oxygens (including phenoxy) is 1. The van der Waals surface area contributed by atoms with E-state index in [-0.39, 0.29) is 24.4 Å². The number of hydrogen-bond acceptors (Lipinski definition) is 3. The van der Waals surface area contributed by atoms with Gasteiger partial charge in [-0.1, -0.05) is 30.3 Å². The van der Waals surface area contributed by atoms with Crippen LogP contribution in [0.3, 0.4) is 0 Å². The predicted octanol–water partition coefficient (Wildman–Crippen LogP) is 4.37. The van der Waals surface area contributed by atoms with Crippen LogP contribution >= 0.6 is 0 Å². The summed E-state index contributed by atoms with van der Waals surface area (Å²) in [6, 6.07) is 18.0. The number of fused-ring (bicyclic) bond motifs is 2. The topological polar surface area (TPSA) is 67.0 Å². The second-order valence-corrected chi connectivity index (χ2v) is 7.10. The van der Waals surface area contributed by atoms with E-state index in [0.29, 0.717) is 17.7 Å². The summed E-state index contributed by atoms with van der Waals surface area (Å²) in [5.41, 5.74) is 4.72. The summed E-state index contributed by atoms with van der Waals surface area (Å²) in [6.45, 7) is 0.541. The van der Waals surface area contributed by atoms with Crippen molar-refractivity contribution in [2.45, 2.75) is 12.6 Å². The lowest BCUT2D eigenvalue weighted by Gasteiger charge is -2.27. The Labute approximate surface area is 166 Å². The molecule has 0 spiro atoms. The summed E-state index contributed by atoms with van der Waals surface area (Å²) in [4.78, 5) is 12.9. The molecule has 5 nitrogen and oxygen atoms in total. The van der Waals surface area contributed by atoms with Gasteiger partial charge in [0.2, 0.25) is 0 Å². The van der Waals surface area contributed by atoms with Crippen molar-refractivity contribution in [3.05, 3.63) is 89.4 Å². The summed E-state index contributed by atoms with van der Waals surface area (Å²) in [5, 5.41) is 11.0. The number of aromatic amines is 1. The van der Waals surface area contributed by atoms with Crippen LogP contribution in [-0.2, 0) is 11.3 Å². The predicted molar refractivity (Wildman–Crippen MR) is 108 cm³/mol. The minimum atomic E-state index is -0.382. The number of hydrogen-bond donors (Lipinski definition) is 2. The van der Waals surface area contributed by atoms with Gasteiger partial charge in [-0.25, -0.2) is 4.39 Å². The van der Waals surface area contributed by atoms with Gasteiger partial charge in [0.25, 0.3) is 5.91 Å². The number of halogens is 1. The van der Waals surface area contributed by atoms with E-state index >= 15 is 0 Å². The Morgan fingerprint density at radius 1 is 1.10 bits per heavy atom. The first kappa shape index (κ1) is 17.6. The third kappa shape index (κ3) is 3.28. The van der Waals surface area contributed by atoms with Crippen LogP contribution < -0.4 is 5.32 Å². The van der Waals surface area contributed by atoms with Crippen LogP contribution in [0.1, 0.15) is 27.5 Å². The van der Waals surface area contributed by atoms with Crippen molar-refractivity contribution in [2.75, 3.05) is 6.61 Å². The average molecular weight is 387 g/mol. The van der Waals surface area contributed by atoms with Gasteiger partial charge >= 0.3 is 0 Å². The molecule has 0 aliphatic carbocycles. The molecule has 5 rings (SSSR count). The van der Waals surface area contributed by atoms with Gasteiger partial charge < -0.3 is 10.1 Å². The molecule has 1 unspecified atom stereocenters. The highest BCUT2D eigenvalue weighted by Crippen LogP contribution is 2.28. The third-order valence-corrected chi connectivity index (χ3v) is 5.27. The molecule has 29 heavy (non-hydrogen) atoms. The van der Waals surface area contributed by atoms with Gasteiger partial charge in [0.15, 0.2) is 0 Å². The van der Waals surface area contributed by atoms with E-state index in [1.54, 1.807) is 18.3 Å². The summed E-state index contributed by atoms with van der Waals surface area (Å²) < 4.78 is 19.5. The number of carbonyl (C=O) groups excluding carboxylic acids is 1. The molecule has 2 N–H and O–H groups in total. The molecule has 0 bridgehead atoms. The lowest BCUT2D eigenvalue weighted by atomic mass is 9.97. The van der Waals surface area contributed by atoms with Gasteiger partial charge in [-0.3, -0.25) is 9.89 Å². The van der Waals surface area contributed by atoms with Gasteiger partial charge in [0, 0.05) is 16.5 Å². The quantitative estimate of drug-likeness (QED) is 0.549. The van der Waals surface area contributed by atoms with Gasteiger partial charge in [-0.05, 0) is 47.0 Å². The molecule has 2 heterocycles. The number of aromatic nitrogens is 2. The van der Waals surface area contributed by atoms with Crippen molar-refractivity contribution >= 4 is 16.8 Å². The highest BCUT2D eigenvalue weighted by molar-refractivity contribution is 5.96. The van der Waals surface area contributed by atoms with Crippen LogP contribution in [0.5, 0.6) is 0 Å². The van der Waals surface area contributed by atoms with E-state index < -0.39 is 0 Å².